The van der Waals surface area contributed by atoms with Gasteiger partial charge in [-0.1, -0.05) is 12.1 Å². The number of nitrogens with zero attached hydrogens (tertiary/aromatic N) is 3. The summed E-state index contributed by atoms with van der Waals surface area (Å²) in [5, 5.41) is 3.83. The van der Waals surface area contributed by atoms with Crippen LogP contribution in [-0.4, -0.2) is 15.1 Å². The Balaban J connectivity index is 1.93. The Morgan fingerprint density at radius 2 is 2.29 bits per heavy atom. The Bertz CT molecular complexity index is 487. The second kappa shape index (κ2) is 5.77. The summed E-state index contributed by atoms with van der Waals surface area (Å²) in [6.07, 6.45) is 5.11. The van der Waals surface area contributed by atoms with Crippen LogP contribution in [0.15, 0.2) is 27.5 Å². The molecule has 0 atom stereocenters. The number of aryl methyl sites for hydroxylation is 1. The lowest BCUT2D eigenvalue weighted by molar-refractivity contribution is 0.284. The molecule has 0 aliphatic heterocycles. The Labute approximate surface area is 107 Å². The summed E-state index contributed by atoms with van der Waals surface area (Å²) in [4.78, 5) is 8.20. The third-order valence-corrected chi connectivity index (χ3v) is 2.46. The molecule has 0 fully saturated rings. The number of ether oxygens (including phenoxy) is 1. The zero-order chi connectivity index (χ0) is 12.1. The second-order valence-electron chi connectivity index (χ2n) is 3.48. The average Bonchev–Trinajstić information content (AvgIpc) is 2.75. The van der Waals surface area contributed by atoms with Crippen molar-refractivity contribution < 1.29 is 9.26 Å². The first kappa shape index (κ1) is 12.0. The van der Waals surface area contributed by atoms with Crippen LogP contribution in [0.1, 0.15) is 25.1 Å². The van der Waals surface area contributed by atoms with E-state index >= 15 is 0 Å². The molecule has 0 aliphatic rings. The van der Waals surface area contributed by atoms with Crippen LogP contribution < -0.4 is 4.74 Å². The van der Waals surface area contributed by atoms with Crippen LogP contribution in [0.4, 0.5) is 0 Å². The molecule has 0 bridgehead atoms. The van der Waals surface area contributed by atoms with Crippen LogP contribution in [-0.2, 0) is 13.0 Å². The van der Waals surface area contributed by atoms with Gasteiger partial charge in [0.05, 0.1) is 6.20 Å². The zero-order valence-electron chi connectivity index (χ0n) is 9.39. The number of rotatable bonds is 5. The van der Waals surface area contributed by atoms with Gasteiger partial charge in [0.15, 0.2) is 6.61 Å². The Kier molecular flexibility index (Phi) is 4.08. The molecular weight excluding hydrogens is 286 g/mol. The van der Waals surface area contributed by atoms with E-state index in [1.54, 1.807) is 12.4 Å². The highest BCUT2D eigenvalue weighted by Gasteiger charge is 2.06. The number of pyridine rings is 1. The first-order valence-corrected chi connectivity index (χ1v) is 6.12. The SMILES string of the molecule is CCCc1nc(COc2cncc(Br)c2)no1. The minimum Gasteiger partial charge on any atom is -0.484 e. The molecule has 0 spiro atoms. The van der Waals surface area contributed by atoms with E-state index in [-0.39, 0.29) is 6.61 Å². The monoisotopic (exact) mass is 297 g/mol. The van der Waals surface area contributed by atoms with Gasteiger partial charge in [0.2, 0.25) is 11.7 Å². The molecule has 0 N–H and O–H groups in total. The van der Waals surface area contributed by atoms with Gasteiger partial charge < -0.3 is 9.26 Å². The molecule has 0 saturated heterocycles. The minimum atomic E-state index is 0.283. The number of halogens is 1. The Morgan fingerprint density at radius 3 is 3.06 bits per heavy atom. The predicted octanol–water partition coefficient (Wildman–Crippen LogP) is 2.76. The molecule has 17 heavy (non-hydrogen) atoms. The van der Waals surface area contributed by atoms with Crippen molar-refractivity contribution in [2.24, 2.45) is 0 Å². The fourth-order valence-electron chi connectivity index (χ4n) is 1.28. The van der Waals surface area contributed by atoms with Crippen molar-refractivity contribution in [2.45, 2.75) is 26.4 Å². The van der Waals surface area contributed by atoms with Crippen molar-refractivity contribution in [3.63, 3.8) is 0 Å². The predicted molar refractivity (Wildman–Crippen MR) is 64.6 cm³/mol. The normalized spacial score (nSPS) is 10.5. The van der Waals surface area contributed by atoms with Crippen molar-refractivity contribution >= 4 is 15.9 Å². The highest BCUT2D eigenvalue weighted by atomic mass is 79.9. The molecule has 6 heteroatoms. The average molecular weight is 298 g/mol. The van der Waals surface area contributed by atoms with Crippen LogP contribution >= 0.6 is 15.9 Å². The lowest BCUT2D eigenvalue weighted by Gasteiger charge is -2.01. The van der Waals surface area contributed by atoms with Crippen molar-refractivity contribution in [1.82, 2.24) is 15.1 Å². The van der Waals surface area contributed by atoms with E-state index in [0.29, 0.717) is 17.5 Å². The zero-order valence-corrected chi connectivity index (χ0v) is 11.0. The smallest absolute Gasteiger partial charge is 0.226 e. The van der Waals surface area contributed by atoms with Crippen LogP contribution in [0.25, 0.3) is 0 Å². The first-order chi connectivity index (χ1) is 8.28. The van der Waals surface area contributed by atoms with Gasteiger partial charge in [-0.2, -0.15) is 4.98 Å². The van der Waals surface area contributed by atoms with Crippen LogP contribution in [0.5, 0.6) is 5.75 Å². The third kappa shape index (κ3) is 3.52. The van der Waals surface area contributed by atoms with Crippen LogP contribution in [0.2, 0.25) is 0 Å². The highest BCUT2D eigenvalue weighted by molar-refractivity contribution is 9.10. The van der Waals surface area contributed by atoms with E-state index in [0.717, 1.165) is 17.3 Å². The fourth-order valence-corrected chi connectivity index (χ4v) is 1.63. The standard InChI is InChI=1S/C11H12BrN3O2/c1-2-3-11-14-10(15-17-11)7-16-9-4-8(12)5-13-6-9/h4-6H,2-3,7H2,1H3. The van der Waals surface area contributed by atoms with Gasteiger partial charge in [0, 0.05) is 17.1 Å². The summed E-state index contributed by atoms with van der Waals surface area (Å²) in [7, 11) is 0. The van der Waals surface area contributed by atoms with E-state index in [9.17, 15) is 0 Å². The molecule has 0 saturated carbocycles. The van der Waals surface area contributed by atoms with Gasteiger partial charge in [-0.05, 0) is 28.4 Å². The molecule has 0 amide bonds. The van der Waals surface area contributed by atoms with Crippen molar-refractivity contribution in [3.05, 3.63) is 34.6 Å². The van der Waals surface area contributed by atoms with Gasteiger partial charge >= 0.3 is 0 Å². The molecule has 90 valence electrons. The lowest BCUT2D eigenvalue weighted by Crippen LogP contribution is -1.98. The van der Waals surface area contributed by atoms with E-state index in [4.69, 9.17) is 9.26 Å². The van der Waals surface area contributed by atoms with Crippen LogP contribution in [0, 0.1) is 0 Å². The maximum Gasteiger partial charge on any atom is 0.226 e. The summed E-state index contributed by atoms with van der Waals surface area (Å²) in [5.41, 5.74) is 0. The molecular formula is C11H12BrN3O2. The lowest BCUT2D eigenvalue weighted by atomic mass is 10.3. The molecule has 5 nitrogen and oxygen atoms in total. The Hall–Kier alpha value is -1.43. The van der Waals surface area contributed by atoms with Crippen molar-refractivity contribution in [2.75, 3.05) is 0 Å². The molecule has 2 aromatic heterocycles. The van der Waals surface area contributed by atoms with E-state index in [1.165, 1.54) is 0 Å². The highest BCUT2D eigenvalue weighted by Crippen LogP contribution is 2.16. The Morgan fingerprint density at radius 1 is 1.41 bits per heavy atom. The van der Waals surface area contributed by atoms with E-state index in [1.807, 2.05) is 6.07 Å². The van der Waals surface area contributed by atoms with E-state index < -0.39 is 0 Å². The maximum atomic E-state index is 5.49. The van der Waals surface area contributed by atoms with Crippen molar-refractivity contribution in [3.8, 4) is 5.75 Å². The molecule has 0 aliphatic carbocycles. The molecule has 0 aromatic carbocycles. The summed E-state index contributed by atoms with van der Waals surface area (Å²) in [6, 6.07) is 1.83. The summed E-state index contributed by atoms with van der Waals surface area (Å²) in [6.45, 7) is 2.35. The van der Waals surface area contributed by atoms with Crippen molar-refractivity contribution in [1.29, 1.82) is 0 Å². The number of hydrogen-bond acceptors (Lipinski definition) is 5. The van der Waals surface area contributed by atoms with Gasteiger partial charge in [0.1, 0.15) is 5.75 Å². The quantitative estimate of drug-likeness (QED) is 0.849. The van der Waals surface area contributed by atoms with Gasteiger partial charge in [-0.3, -0.25) is 4.98 Å². The minimum absolute atomic E-state index is 0.283. The second-order valence-corrected chi connectivity index (χ2v) is 4.40. The molecule has 2 heterocycles. The summed E-state index contributed by atoms with van der Waals surface area (Å²) < 4.78 is 11.4. The molecule has 2 rings (SSSR count). The first-order valence-electron chi connectivity index (χ1n) is 5.32. The maximum absolute atomic E-state index is 5.49. The largest absolute Gasteiger partial charge is 0.484 e. The molecule has 2 aromatic rings. The third-order valence-electron chi connectivity index (χ3n) is 2.02. The van der Waals surface area contributed by atoms with Gasteiger partial charge in [0.25, 0.3) is 0 Å². The van der Waals surface area contributed by atoms with Gasteiger partial charge in [-0.25, -0.2) is 0 Å². The fraction of sp³-hybridized carbons (Fsp3) is 0.364. The molecule has 0 radical (unpaired) electrons. The van der Waals surface area contributed by atoms with Crippen LogP contribution in [0.3, 0.4) is 0 Å². The van der Waals surface area contributed by atoms with E-state index in [2.05, 4.69) is 38.0 Å². The number of aromatic nitrogens is 3. The summed E-state index contributed by atoms with van der Waals surface area (Å²) >= 11 is 3.32. The number of hydrogen-bond donors (Lipinski definition) is 0. The van der Waals surface area contributed by atoms with Gasteiger partial charge in [-0.15, -0.1) is 0 Å². The summed E-state index contributed by atoms with van der Waals surface area (Å²) in [5.74, 6) is 1.87. The molecule has 0 unspecified atom stereocenters. The topological polar surface area (TPSA) is 61.0 Å².